The molecule has 2 unspecified atom stereocenters. The number of hydrogen-bond acceptors (Lipinski definition) is 5. The first kappa shape index (κ1) is 17.6. The van der Waals surface area contributed by atoms with Crippen molar-refractivity contribution in [1.29, 1.82) is 0 Å². The van der Waals surface area contributed by atoms with Gasteiger partial charge < -0.3 is 9.42 Å². The fraction of sp³-hybridized carbons (Fsp3) is 0.526. The van der Waals surface area contributed by atoms with Gasteiger partial charge in [0.25, 0.3) is 0 Å². The standard InChI is InChI=1S/C19H26N4O2/c1-14(17-7-5-4-6-8-17)13-18(24)23-11-9-22(10-12-23)15(2)19-20-16(3)21-25-19/h4-8,14-15H,9-13H2,1-3H3. The summed E-state index contributed by atoms with van der Waals surface area (Å²) in [6, 6.07) is 10.3. The smallest absolute Gasteiger partial charge is 0.243 e. The summed E-state index contributed by atoms with van der Waals surface area (Å²) in [5.41, 5.74) is 1.22. The molecule has 0 radical (unpaired) electrons. The number of benzene rings is 1. The third-order valence-electron chi connectivity index (χ3n) is 4.96. The lowest BCUT2D eigenvalue weighted by Gasteiger charge is -2.37. The molecule has 134 valence electrons. The Balaban J connectivity index is 1.51. The molecule has 1 aromatic heterocycles. The molecule has 0 spiro atoms. The van der Waals surface area contributed by atoms with Crippen LogP contribution in [0.2, 0.25) is 0 Å². The number of aromatic nitrogens is 2. The zero-order valence-corrected chi connectivity index (χ0v) is 15.2. The molecule has 1 amide bonds. The van der Waals surface area contributed by atoms with Gasteiger partial charge in [-0.2, -0.15) is 4.98 Å². The van der Waals surface area contributed by atoms with E-state index < -0.39 is 0 Å². The molecular formula is C19H26N4O2. The van der Waals surface area contributed by atoms with E-state index in [0.29, 0.717) is 18.1 Å². The third kappa shape index (κ3) is 4.25. The number of rotatable bonds is 5. The van der Waals surface area contributed by atoms with Gasteiger partial charge in [-0.15, -0.1) is 0 Å². The van der Waals surface area contributed by atoms with Crippen LogP contribution in [0.5, 0.6) is 0 Å². The normalized spacial score (nSPS) is 18.1. The van der Waals surface area contributed by atoms with E-state index in [-0.39, 0.29) is 17.9 Å². The molecule has 6 nitrogen and oxygen atoms in total. The summed E-state index contributed by atoms with van der Waals surface area (Å²) in [4.78, 5) is 21.2. The molecule has 2 atom stereocenters. The van der Waals surface area contributed by atoms with Gasteiger partial charge in [0, 0.05) is 32.6 Å². The first-order chi connectivity index (χ1) is 12.0. The van der Waals surface area contributed by atoms with E-state index in [2.05, 4.69) is 41.0 Å². The van der Waals surface area contributed by atoms with Crippen molar-refractivity contribution < 1.29 is 9.32 Å². The first-order valence-electron chi connectivity index (χ1n) is 8.91. The molecule has 6 heteroatoms. The highest BCUT2D eigenvalue weighted by Gasteiger charge is 2.27. The largest absolute Gasteiger partial charge is 0.340 e. The number of nitrogens with zero attached hydrogens (tertiary/aromatic N) is 4. The van der Waals surface area contributed by atoms with Crippen LogP contribution in [0.4, 0.5) is 0 Å². The van der Waals surface area contributed by atoms with Crippen LogP contribution in [-0.4, -0.2) is 52.0 Å². The Morgan fingerprint density at radius 2 is 1.84 bits per heavy atom. The van der Waals surface area contributed by atoms with E-state index in [1.165, 1.54) is 5.56 Å². The van der Waals surface area contributed by atoms with Crippen LogP contribution < -0.4 is 0 Å². The highest BCUT2D eigenvalue weighted by atomic mass is 16.5. The molecule has 1 saturated heterocycles. The summed E-state index contributed by atoms with van der Waals surface area (Å²) >= 11 is 0. The quantitative estimate of drug-likeness (QED) is 0.836. The molecule has 0 aliphatic carbocycles. The average molecular weight is 342 g/mol. The fourth-order valence-electron chi connectivity index (χ4n) is 3.29. The number of hydrogen-bond donors (Lipinski definition) is 0. The lowest BCUT2D eigenvalue weighted by Crippen LogP contribution is -2.49. The Morgan fingerprint density at radius 3 is 2.44 bits per heavy atom. The molecule has 1 aliphatic heterocycles. The molecule has 2 aromatic rings. The second-order valence-electron chi connectivity index (χ2n) is 6.79. The van der Waals surface area contributed by atoms with Crippen molar-refractivity contribution in [2.24, 2.45) is 0 Å². The number of piperazine rings is 1. The van der Waals surface area contributed by atoms with Crippen molar-refractivity contribution in [3.63, 3.8) is 0 Å². The minimum atomic E-state index is 0.0849. The molecule has 3 rings (SSSR count). The topological polar surface area (TPSA) is 62.5 Å². The lowest BCUT2D eigenvalue weighted by atomic mass is 9.97. The average Bonchev–Trinajstić information content (AvgIpc) is 3.08. The maximum atomic E-state index is 12.6. The van der Waals surface area contributed by atoms with Crippen molar-refractivity contribution in [1.82, 2.24) is 19.9 Å². The second-order valence-corrected chi connectivity index (χ2v) is 6.79. The Bertz CT molecular complexity index is 692. The summed E-state index contributed by atoms with van der Waals surface area (Å²) < 4.78 is 5.27. The van der Waals surface area contributed by atoms with Crippen molar-refractivity contribution in [2.75, 3.05) is 26.2 Å². The number of carbonyl (C=O) groups excluding carboxylic acids is 1. The summed E-state index contributed by atoms with van der Waals surface area (Å²) in [5.74, 6) is 1.78. The first-order valence-corrected chi connectivity index (χ1v) is 8.91. The minimum absolute atomic E-state index is 0.0849. The Kier molecular flexibility index (Phi) is 5.48. The zero-order valence-electron chi connectivity index (χ0n) is 15.2. The van der Waals surface area contributed by atoms with Crippen molar-refractivity contribution in [3.05, 3.63) is 47.6 Å². The monoisotopic (exact) mass is 342 g/mol. The Labute approximate surface area is 148 Å². The number of amides is 1. The van der Waals surface area contributed by atoms with E-state index in [1.807, 2.05) is 30.0 Å². The Morgan fingerprint density at radius 1 is 1.16 bits per heavy atom. The van der Waals surface area contributed by atoms with Crippen LogP contribution in [0.3, 0.4) is 0 Å². The summed E-state index contributed by atoms with van der Waals surface area (Å²) in [6.07, 6.45) is 0.558. The second kappa shape index (κ2) is 7.78. The van der Waals surface area contributed by atoms with Gasteiger partial charge in [-0.3, -0.25) is 9.69 Å². The molecule has 1 aliphatic rings. The highest BCUT2D eigenvalue weighted by Crippen LogP contribution is 2.22. The highest BCUT2D eigenvalue weighted by molar-refractivity contribution is 5.77. The van der Waals surface area contributed by atoms with Gasteiger partial charge in [-0.1, -0.05) is 42.4 Å². The van der Waals surface area contributed by atoms with Crippen molar-refractivity contribution in [2.45, 2.75) is 39.2 Å². The molecule has 1 fully saturated rings. The van der Waals surface area contributed by atoms with E-state index in [1.54, 1.807) is 0 Å². The minimum Gasteiger partial charge on any atom is -0.340 e. The van der Waals surface area contributed by atoms with Crippen LogP contribution in [0, 0.1) is 6.92 Å². The van der Waals surface area contributed by atoms with Crippen LogP contribution in [-0.2, 0) is 4.79 Å². The molecule has 25 heavy (non-hydrogen) atoms. The molecular weight excluding hydrogens is 316 g/mol. The third-order valence-corrected chi connectivity index (χ3v) is 4.96. The zero-order chi connectivity index (χ0) is 17.8. The summed E-state index contributed by atoms with van der Waals surface area (Å²) in [5, 5.41) is 3.86. The van der Waals surface area contributed by atoms with Crippen molar-refractivity contribution in [3.8, 4) is 0 Å². The van der Waals surface area contributed by atoms with Crippen LogP contribution in [0.15, 0.2) is 34.9 Å². The number of carbonyl (C=O) groups is 1. The van der Waals surface area contributed by atoms with E-state index >= 15 is 0 Å². The van der Waals surface area contributed by atoms with Crippen molar-refractivity contribution >= 4 is 5.91 Å². The van der Waals surface area contributed by atoms with Gasteiger partial charge in [0.05, 0.1) is 6.04 Å². The van der Waals surface area contributed by atoms with Gasteiger partial charge in [-0.25, -0.2) is 0 Å². The maximum Gasteiger partial charge on any atom is 0.243 e. The van der Waals surface area contributed by atoms with E-state index in [4.69, 9.17) is 4.52 Å². The molecule has 2 heterocycles. The maximum absolute atomic E-state index is 12.6. The predicted octanol–water partition coefficient (Wildman–Crippen LogP) is 2.78. The van der Waals surface area contributed by atoms with E-state index in [0.717, 1.165) is 26.2 Å². The number of aryl methyl sites for hydroxylation is 1. The predicted molar refractivity (Wildman–Crippen MR) is 95.1 cm³/mol. The van der Waals surface area contributed by atoms with Gasteiger partial charge in [0.15, 0.2) is 5.82 Å². The molecule has 0 saturated carbocycles. The van der Waals surface area contributed by atoms with E-state index in [9.17, 15) is 4.79 Å². The molecule has 0 N–H and O–H groups in total. The molecule has 1 aromatic carbocycles. The van der Waals surface area contributed by atoms with Crippen LogP contribution >= 0.6 is 0 Å². The summed E-state index contributed by atoms with van der Waals surface area (Å²) in [7, 11) is 0. The van der Waals surface area contributed by atoms with Gasteiger partial charge in [0.2, 0.25) is 11.8 Å². The molecule has 0 bridgehead atoms. The Hall–Kier alpha value is -2.21. The van der Waals surface area contributed by atoms with Crippen LogP contribution in [0.1, 0.15) is 49.5 Å². The SMILES string of the molecule is Cc1noc(C(C)N2CCN(C(=O)CC(C)c3ccccc3)CC2)n1. The van der Waals surface area contributed by atoms with Gasteiger partial charge >= 0.3 is 0 Å². The van der Waals surface area contributed by atoms with Gasteiger partial charge in [0.1, 0.15) is 0 Å². The lowest BCUT2D eigenvalue weighted by molar-refractivity contribution is -0.133. The fourth-order valence-corrected chi connectivity index (χ4v) is 3.29. The van der Waals surface area contributed by atoms with Crippen LogP contribution in [0.25, 0.3) is 0 Å². The summed E-state index contributed by atoms with van der Waals surface area (Å²) in [6.45, 7) is 9.16. The van der Waals surface area contributed by atoms with Gasteiger partial charge in [-0.05, 0) is 25.3 Å².